The Morgan fingerprint density at radius 2 is 2.18 bits per heavy atom. The normalized spacial score (nSPS) is 15.5. The van der Waals surface area contributed by atoms with E-state index >= 15 is 0 Å². The summed E-state index contributed by atoms with van der Waals surface area (Å²) in [4.78, 5) is 0. The summed E-state index contributed by atoms with van der Waals surface area (Å²) in [6.07, 6.45) is 3.98. The van der Waals surface area contributed by atoms with Gasteiger partial charge in [0, 0.05) is 6.54 Å². The molecule has 0 unspecified atom stereocenters. The van der Waals surface area contributed by atoms with Crippen molar-refractivity contribution in [3.63, 3.8) is 0 Å². The number of anilines is 1. The first-order valence-electron chi connectivity index (χ1n) is 6.51. The molecular weight excluding hydrogens is 216 g/mol. The summed E-state index contributed by atoms with van der Waals surface area (Å²) in [5.74, 6) is 2.21. The summed E-state index contributed by atoms with van der Waals surface area (Å²) in [5, 5.41) is 14.4. The van der Waals surface area contributed by atoms with Crippen LogP contribution in [0, 0.1) is 11.8 Å². The zero-order valence-electron chi connectivity index (χ0n) is 10.7. The van der Waals surface area contributed by atoms with E-state index in [2.05, 4.69) is 34.7 Å². The molecule has 2 rings (SSSR count). The third kappa shape index (κ3) is 4.73. The van der Waals surface area contributed by atoms with Crippen LogP contribution < -0.4 is 10.6 Å². The lowest BCUT2D eigenvalue weighted by molar-refractivity contribution is 0.458. The van der Waals surface area contributed by atoms with Crippen LogP contribution in [0.15, 0.2) is 4.42 Å². The van der Waals surface area contributed by atoms with Crippen molar-refractivity contribution in [1.29, 1.82) is 0 Å². The Bertz CT molecular complexity index is 311. The van der Waals surface area contributed by atoms with Crippen LogP contribution in [0.25, 0.3) is 0 Å². The number of rotatable bonds is 8. The van der Waals surface area contributed by atoms with Gasteiger partial charge >= 0.3 is 6.01 Å². The van der Waals surface area contributed by atoms with Crippen LogP contribution in [0.2, 0.25) is 0 Å². The molecule has 0 aromatic carbocycles. The van der Waals surface area contributed by atoms with E-state index in [1.54, 1.807) is 0 Å². The van der Waals surface area contributed by atoms with Gasteiger partial charge < -0.3 is 15.1 Å². The van der Waals surface area contributed by atoms with Gasteiger partial charge in [0.15, 0.2) is 0 Å². The molecule has 1 heterocycles. The Hall–Kier alpha value is -1.10. The highest BCUT2D eigenvalue weighted by Gasteiger charge is 2.20. The minimum atomic E-state index is 0.548. The van der Waals surface area contributed by atoms with Gasteiger partial charge in [-0.2, -0.15) is 0 Å². The number of nitrogens with one attached hydrogen (secondary N) is 2. The van der Waals surface area contributed by atoms with Crippen molar-refractivity contribution in [3.8, 4) is 0 Å². The minimum absolute atomic E-state index is 0.548. The average Bonchev–Trinajstić information content (AvgIpc) is 2.98. The minimum Gasteiger partial charge on any atom is -0.407 e. The molecule has 0 spiro atoms. The molecule has 0 aliphatic heterocycles. The smallest absolute Gasteiger partial charge is 0.315 e. The Morgan fingerprint density at radius 3 is 2.88 bits per heavy atom. The molecule has 96 valence electrons. The summed E-state index contributed by atoms with van der Waals surface area (Å²) in [7, 11) is 0. The van der Waals surface area contributed by atoms with Crippen LogP contribution in [0.4, 0.5) is 6.01 Å². The highest BCUT2D eigenvalue weighted by molar-refractivity contribution is 5.16. The van der Waals surface area contributed by atoms with E-state index in [9.17, 15) is 0 Å². The summed E-state index contributed by atoms with van der Waals surface area (Å²) in [6, 6.07) is 0.548. The second-order valence-electron chi connectivity index (χ2n) is 5.18. The second kappa shape index (κ2) is 6.00. The van der Waals surface area contributed by atoms with Gasteiger partial charge in [0.1, 0.15) is 0 Å². The van der Waals surface area contributed by atoms with Gasteiger partial charge in [-0.3, -0.25) is 0 Å². The molecular formula is C12H22N4O. The zero-order valence-corrected chi connectivity index (χ0v) is 10.7. The van der Waals surface area contributed by atoms with E-state index in [0.29, 0.717) is 24.4 Å². The summed E-state index contributed by atoms with van der Waals surface area (Å²) >= 11 is 0. The molecule has 1 aromatic rings. The first kappa shape index (κ1) is 12.4. The molecule has 0 bridgehead atoms. The average molecular weight is 238 g/mol. The van der Waals surface area contributed by atoms with Crippen LogP contribution in [-0.2, 0) is 6.54 Å². The lowest BCUT2D eigenvalue weighted by atomic mass is 10.2. The summed E-state index contributed by atoms with van der Waals surface area (Å²) < 4.78 is 5.47. The van der Waals surface area contributed by atoms with Gasteiger partial charge in [0.05, 0.1) is 6.54 Å². The highest BCUT2D eigenvalue weighted by Crippen LogP contribution is 2.31. The largest absolute Gasteiger partial charge is 0.407 e. The third-order valence-corrected chi connectivity index (χ3v) is 2.82. The van der Waals surface area contributed by atoms with E-state index in [-0.39, 0.29) is 0 Å². The number of hydrogen-bond donors (Lipinski definition) is 2. The molecule has 0 saturated heterocycles. The van der Waals surface area contributed by atoms with Gasteiger partial charge in [-0.1, -0.05) is 31.8 Å². The standard InChI is InChI=1S/C12H22N4O/c1-9(2)7-13-8-11-15-16-12(17-11)14-6-5-10-3-4-10/h9-10,13H,3-8H2,1-2H3,(H,14,16). The van der Waals surface area contributed by atoms with Gasteiger partial charge in [-0.25, -0.2) is 0 Å². The van der Waals surface area contributed by atoms with Crippen LogP contribution in [0.3, 0.4) is 0 Å². The van der Waals surface area contributed by atoms with Crippen LogP contribution in [-0.4, -0.2) is 23.3 Å². The zero-order chi connectivity index (χ0) is 12.1. The fraction of sp³-hybridized carbons (Fsp3) is 0.833. The Morgan fingerprint density at radius 1 is 1.35 bits per heavy atom. The van der Waals surface area contributed by atoms with Crippen molar-refractivity contribution < 1.29 is 4.42 Å². The SMILES string of the molecule is CC(C)CNCc1nnc(NCCC2CC2)o1. The van der Waals surface area contributed by atoms with Crippen molar-refractivity contribution in [2.24, 2.45) is 11.8 Å². The summed E-state index contributed by atoms with van der Waals surface area (Å²) in [6.45, 7) is 6.89. The fourth-order valence-electron chi connectivity index (χ4n) is 1.65. The highest BCUT2D eigenvalue weighted by atomic mass is 16.4. The number of aromatic nitrogens is 2. The fourth-order valence-corrected chi connectivity index (χ4v) is 1.65. The van der Waals surface area contributed by atoms with Gasteiger partial charge in [-0.15, -0.1) is 5.10 Å². The lowest BCUT2D eigenvalue weighted by Gasteiger charge is -2.03. The molecule has 1 aliphatic carbocycles. The third-order valence-electron chi connectivity index (χ3n) is 2.82. The molecule has 0 atom stereocenters. The first-order chi connectivity index (χ1) is 8.24. The van der Waals surface area contributed by atoms with Crippen molar-refractivity contribution in [1.82, 2.24) is 15.5 Å². The molecule has 5 heteroatoms. The van der Waals surface area contributed by atoms with Crippen molar-refractivity contribution in [2.75, 3.05) is 18.4 Å². The van der Waals surface area contributed by atoms with Crippen molar-refractivity contribution >= 4 is 6.01 Å². The second-order valence-corrected chi connectivity index (χ2v) is 5.18. The molecule has 1 fully saturated rings. The van der Waals surface area contributed by atoms with Gasteiger partial charge in [0.2, 0.25) is 5.89 Å². The molecule has 1 saturated carbocycles. The maximum atomic E-state index is 5.47. The quantitative estimate of drug-likeness (QED) is 0.725. The molecule has 0 radical (unpaired) electrons. The topological polar surface area (TPSA) is 63.0 Å². The van der Waals surface area contributed by atoms with Crippen LogP contribution >= 0.6 is 0 Å². The van der Waals surface area contributed by atoms with E-state index in [4.69, 9.17) is 4.42 Å². The molecule has 1 aliphatic rings. The van der Waals surface area contributed by atoms with Crippen LogP contribution in [0.5, 0.6) is 0 Å². The van der Waals surface area contributed by atoms with Gasteiger partial charge in [0.25, 0.3) is 0 Å². The molecule has 5 nitrogen and oxygen atoms in total. The Balaban J connectivity index is 1.63. The maximum Gasteiger partial charge on any atom is 0.315 e. The lowest BCUT2D eigenvalue weighted by Crippen LogP contribution is -2.19. The first-order valence-corrected chi connectivity index (χ1v) is 6.51. The predicted octanol–water partition coefficient (Wildman–Crippen LogP) is 2.03. The molecule has 1 aromatic heterocycles. The van der Waals surface area contributed by atoms with Gasteiger partial charge in [-0.05, 0) is 24.8 Å². The van der Waals surface area contributed by atoms with E-state index < -0.39 is 0 Å². The molecule has 17 heavy (non-hydrogen) atoms. The van der Waals surface area contributed by atoms with Crippen LogP contribution in [0.1, 0.15) is 39.0 Å². The number of hydrogen-bond acceptors (Lipinski definition) is 5. The van der Waals surface area contributed by atoms with E-state index in [0.717, 1.165) is 19.0 Å². The summed E-state index contributed by atoms with van der Waals surface area (Å²) in [5.41, 5.74) is 0. The molecule has 2 N–H and O–H groups in total. The molecule has 0 amide bonds. The Labute approximate surface area is 102 Å². The predicted molar refractivity (Wildman–Crippen MR) is 66.7 cm³/mol. The maximum absolute atomic E-state index is 5.47. The van der Waals surface area contributed by atoms with Crippen molar-refractivity contribution in [2.45, 2.75) is 39.7 Å². The van der Waals surface area contributed by atoms with Crippen molar-refractivity contribution in [3.05, 3.63) is 5.89 Å². The Kier molecular flexibility index (Phi) is 4.36. The number of nitrogens with zero attached hydrogens (tertiary/aromatic N) is 2. The van der Waals surface area contributed by atoms with E-state index in [1.807, 2.05) is 0 Å². The van der Waals surface area contributed by atoms with E-state index in [1.165, 1.54) is 19.3 Å². The monoisotopic (exact) mass is 238 g/mol.